The first-order valence-corrected chi connectivity index (χ1v) is 7.66. The van der Waals surface area contributed by atoms with E-state index in [0.717, 1.165) is 35.9 Å². The van der Waals surface area contributed by atoms with Crippen molar-refractivity contribution in [3.63, 3.8) is 0 Å². The maximum atomic E-state index is 5.57. The van der Waals surface area contributed by atoms with Crippen LogP contribution in [0.4, 0.5) is 0 Å². The van der Waals surface area contributed by atoms with Gasteiger partial charge in [-0.05, 0) is 43.2 Å². The molecular formula is C18H21NOS. The molecule has 3 heteroatoms. The van der Waals surface area contributed by atoms with Crippen molar-refractivity contribution in [3.8, 4) is 5.75 Å². The zero-order valence-corrected chi connectivity index (χ0v) is 13.4. The summed E-state index contributed by atoms with van der Waals surface area (Å²) in [6.07, 6.45) is 1.01. The molecule has 0 saturated heterocycles. The molecule has 0 aliphatic heterocycles. The fourth-order valence-corrected chi connectivity index (χ4v) is 2.24. The van der Waals surface area contributed by atoms with Crippen molar-refractivity contribution in [1.82, 2.24) is 5.32 Å². The predicted molar refractivity (Wildman–Crippen MR) is 91.9 cm³/mol. The molecule has 2 aromatic carbocycles. The fourth-order valence-electron chi connectivity index (χ4n) is 2.03. The molecule has 2 aromatic rings. The van der Waals surface area contributed by atoms with Gasteiger partial charge in [0.2, 0.25) is 0 Å². The molecule has 0 fully saturated rings. The Morgan fingerprint density at radius 1 is 1.14 bits per heavy atom. The zero-order chi connectivity index (χ0) is 15.1. The minimum Gasteiger partial charge on any atom is -0.494 e. The van der Waals surface area contributed by atoms with Crippen LogP contribution in [0.1, 0.15) is 30.0 Å². The van der Waals surface area contributed by atoms with Gasteiger partial charge in [-0.3, -0.25) is 0 Å². The molecule has 0 radical (unpaired) electrons. The molecule has 2 nitrogen and oxygen atoms in total. The van der Waals surface area contributed by atoms with Crippen molar-refractivity contribution in [2.45, 2.75) is 26.8 Å². The Hall–Kier alpha value is -1.87. The highest BCUT2D eigenvalue weighted by atomic mass is 32.1. The van der Waals surface area contributed by atoms with E-state index in [4.69, 9.17) is 17.0 Å². The molecule has 0 saturated carbocycles. The molecule has 0 amide bonds. The van der Waals surface area contributed by atoms with E-state index in [2.05, 4.69) is 43.4 Å². The van der Waals surface area contributed by atoms with Crippen molar-refractivity contribution in [2.24, 2.45) is 0 Å². The molecule has 0 atom stereocenters. The van der Waals surface area contributed by atoms with E-state index < -0.39 is 0 Å². The maximum absolute atomic E-state index is 5.57. The third kappa shape index (κ3) is 4.87. The Balaban J connectivity index is 1.91. The van der Waals surface area contributed by atoms with Crippen LogP contribution in [0.2, 0.25) is 0 Å². The van der Waals surface area contributed by atoms with E-state index in [0.29, 0.717) is 0 Å². The second-order valence-corrected chi connectivity index (χ2v) is 5.45. The van der Waals surface area contributed by atoms with Gasteiger partial charge in [0.25, 0.3) is 0 Å². The van der Waals surface area contributed by atoms with Crippen LogP contribution < -0.4 is 10.1 Å². The van der Waals surface area contributed by atoms with E-state index in [1.165, 1.54) is 11.1 Å². The van der Waals surface area contributed by atoms with Crippen molar-refractivity contribution in [3.05, 3.63) is 65.2 Å². The summed E-state index contributed by atoms with van der Waals surface area (Å²) in [6, 6.07) is 16.3. The van der Waals surface area contributed by atoms with Crippen LogP contribution in [-0.4, -0.2) is 11.6 Å². The van der Waals surface area contributed by atoms with Crippen LogP contribution in [0, 0.1) is 6.92 Å². The van der Waals surface area contributed by atoms with Gasteiger partial charge in [0.1, 0.15) is 10.7 Å². The topological polar surface area (TPSA) is 21.3 Å². The molecule has 110 valence electrons. The summed E-state index contributed by atoms with van der Waals surface area (Å²) < 4.78 is 5.57. The zero-order valence-electron chi connectivity index (χ0n) is 12.6. The lowest BCUT2D eigenvalue weighted by atomic mass is 10.1. The number of thiocarbonyl (C=S) groups is 1. The first kappa shape index (κ1) is 15.5. The van der Waals surface area contributed by atoms with Crippen molar-refractivity contribution in [2.75, 3.05) is 6.61 Å². The molecule has 0 aromatic heterocycles. The van der Waals surface area contributed by atoms with Crippen LogP contribution in [0.5, 0.6) is 5.75 Å². The van der Waals surface area contributed by atoms with Crippen LogP contribution in [-0.2, 0) is 6.54 Å². The number of benzene rings is 2. The fraction of sp³-hybridized carbons (Fsp3) is 0.278. The summed E-state index contributed by atoms with van der Waals surface area (Å²) in [4.78, 5) is 0.763. The summed E-state index contributed by atoms with van der Waals surface area (Å²) in [5.41, 5.74) is 3.51. The van der Waals surface area contributed by atoms with Gasteiger partial charge in [-0.15, -0.1) is 0 Å². The van der Waals surface area contributed by atoms with Gasteiger partial charge in [0.15, 0.2) is 0 Å². The first-order chi connectivity index (χ1) is 10.2. The lowest BCUT2D eigenvalue weighted by Crippen LogP contribution is -2.21. The number of nitrogens with one attached hydrogen (secondary N) is 1. The second kappa shape index (κ2) is 7.79. The van der Waals surface area contributed by atoms with Crippen molar-refractivity contribution >= 4 is 17.2 Å². The lowest BCUT2D eigenvalue weighted by Gasteiger charge is -2.10. The number of rotatable bonds is 6. The second-order valence-electron chi connectivity index (χ2n) is 5.04. The summed E-state index contributed by atoms with van der Waals surface area (Å²) >= 11 is 5.43. The van der Waals surface area contributed by atoms with Gasteiger partial charge >= 0.3 is 0 Å². The highest BCUT2D eigenvalue weighted by molar-refractivity contribution is 7.80. The van der Waals surface area contributed by atoms with E-state index in [1.54, 1.807) is 0 Å². The highest BCUT2D eigenvalue weighted by Gasteiger charge is 2.02. The number of ether oxygens (including phenoxy) is 1. The SMILES string of the molecule is CCCOc1ccc(C(=S)NCc2cccc(C)c2)cc1. The quantitative estimate of drug-likeness (QED) is 0.806. The van der Waals surface area contributed by atoms with E-state index in [1.807, 2.05) is 24.3 Å². The van der Waals surface area contributed by atoms with Crippen LogP contribution in [0.15, 0.2) is 48.5 Å². The van der Waals surface area contributed by atoms with Gasteiger partial charge in [-0.1, -0.05) is 49.0 Å². The van der Waals surface area contributed by atoms with E-state index in [9.17, 15) is 0 Å². The smallest absolute Gasteiger partial charge is 0.119 e. The summed E-state index contributed by atoms with van der Waals surface area (Å²) in [7, 11) is 0. The Morgan fingerprint density at radius 3 is 2.57 bits per heavy atom. The Morgan fingerprint density at radius 2 is 1.90 bits per heavy atom. The average molecular weight is 299 g/mol. The maximum Gasteiger partial charge on any atom is 0.119 e. The third-order valence-electron chi connectivity index (χ3n) is 3.12. The van der Waals surface area contributed by atoms with E-state index >= 15 is 0 Å². The number of hydrogen-bond acceptors (Lipinski definition) is 2. The average Bonchev–Trinajstić information content (AvgIpc) is 2.51. The Kier molecular flexibility index (Phi) is 5.76. The standard InChI is InChI=1S/C18H21NOS/c1-3-11-20-17-9-7-16(8-10-17)18(21)19-13-15-6-4-5-14(2)12-15/h4-10,12H,3,11,13H2,1-2H3,(H,19,21). The molecule has 0 aliphatic rings. The molecule has 0 unspecified atom stereocenters. The number of aryl methyl sites for hydroxylation is 1. The molecule has 1 N–H and O–H groups in total. The van der Waals surface area contributed by atoms with Crippen LogP contribution in [0.25, 0.3) is 0 Å². The monoisotopic (exact) mass is 299 g/mol. The van der Waals surface area contributed by atoms with Gasteiger partial charge in [0, 0.05) is 12.1 Å². The molecule has 0 aliphatic carbocycles. The molecule has 0 heterocycles. The first-order valence-electron chi connectivity index (χ1n) is 7.25. The minimum atomic E-state index is 0.745. The van der Waals surface area contributed by atoms with Gasteiger partial charge in [-0.2, -0.15) is 0 Å². The minimum absolute atomic E-state index is 0.745. The van der Waals surface area contributed by atoms with E-state index in [-0.39, 0.29) is 0 Å². The van der Waals surface area contributed by atoms with Gasteiger partial charge in [0.05, 0.1) is 6.61 Å². The summed E-state index contributed by atoms with van der Waals surface area (Å²) in [5.74, 6) is 0.891. The third-order valence-corrected chi connectivity index (χ3v) is 3.50. The van der Waals surface area contributed by atoms with Crippen molar-refractivity contribution in [1.29, 1.82) is 0 Å². The van der Waals surface area contributed by atoms with Gasteiger partial charge < -0.3 is 10.1 Å². The Bertz CT molecular complexity index is 592. The normalized spacial score (nSPS) is 10.2. The largest absolute Gasteiger partial charge is 0.494 e. The molecule has 0 spiro atoms. The molecule has 0 bridgehead atoms. The summed E-state index contributed by atoms with van der Waals surface area (Å²) in [5, 5.41) is 3.30. The highest BCUT2D eigenvalue weighted by Crippen LogP contribution is 2.13. The van der Waals surface area contributed by atoms with Crippen LogP contribution in [0.3, 0.4) is 0 Å². The molecule has 21 heavy (non-hydrogen) atoms. The lowest BCUT2D eigenvalue weighted by molar-refractivity contribution is 0.317. The van der Waals surface area contributed by atoms with Crippen LogP contribution >= 0.6 is 12.2 Å². The summed E-state index contributed by atoms with van der Waals surface area (Å²) in [6.45, 7) is 5.68. The predicted octanol–water partition coefficient (Wildman–Crippen LogP) is 4.25. The van der Waals surface area contributed by atoms with Crippen molar-refractivity contribution < 1.29 is 4.74 Å². The van der Waals surface area contributed by atoms with Gasteiger partial charge in [-0.25, -0.2) is 0 Å². The number of hydrogen-bond donors (Lipinski definition) is 1. The molecular weight excluding hydrogens is 278 g/mol. The Labute approximate surface area is 132 Å². The molecule has 2 rings (SSSR count).